The van der Waals surface area contributed by atoms with E-state index in [4.69, 9.17) is 0 Å². The summed E-state index contributed by atoms with van der Waals surface area (Å²) >= 11 is 3.80. The highest BCUT2D eigenvalue weighted by molar-refractivity contribution is 7.78. The monoisotopic (exact) mass is 220 g/mol. The smallest absolute Gasteiger partial charge is 0.219 e. The van der Waals surface area contributed by atoms with Gasteiger partial charge in [-0.2, -0.15) is 0 Å². The van der Waals surface area contributed by atoms with Crippen molar-refractivity contribution in [1.29, 1.82) is 0 Å². The molecule has 0 saturated heterocycles. The molecular weight excluding hydrogens is 196 g/mol. The topological polar surface area (TPSA) is 41.1 Å². The molecule has 0 aliphatic rings. The van der Waals surface area contributed by atoms with E-state index in [9.17, 15) is 4.79 Å². The van der Waals surface area contributed by atoms with Crippen molar-refractivity contribution in [1.82, 2.24) is 10.0 Å². The SMILES string of the molecule is CCCCC(=O)NC.CCCCNS. The molecule has 86 valence electrons. The molecule has 0 aliphatic heterocycles. The maximum Gasteiger partial charge on any atom is 0.219 e. The zero-order chi connectivity index (χ0) is 11.2. The fraction of sp³-hybridized carbons (Fsp3) is 0.900. The Labute approximate surface area is 93.6 Å². The molecule has 1 amide bonds. The lowest BCUT2D eigenvalue weighted by Crippen LogP contribution is -2.16. The Bertz CT molecular complexity index is 117. The van der Waals surface area contributed by atoms with Crippen molar-refractivity contribution >= 4 is 18.7 Å². The number of nitrogens with one attached hydrogen (secondary N) is 2. The fourth-order valence-electron chi connectivity index (χ4n) is 0.718. The lowest BCUT2D eigenvalue weighted by molar-refractivity contribution is -0.120. The van der Waals surface area contributed by atoms with Crippen molar-refractivity contribution in [2.75, 3.05) is 13.6 Å². The standard InChI is InChI=1S/C6H13NO.C4H11NS/c1-3-4-5-6(8)7-2;1-2-3-4-5-6/h3-5H2,1-2H3,(H,7,8);5-6H,2-4H2,1H3. The van der Waals surface area contributed by atoms with Crippen LogP contribution in [0.25, 0.3) is 0 Å². The lowest BCUT2D eigenvalue weighted by atomic mass is 10.2. The average molecular weight is 220 g/mol. The second-order valence-corrected chi connectivity index (χ2v) is 3.35. The first-order valence-corrected chi connectivity index (χ1v) is 5.75. The van der Waals surface area contributed by atoms with Gasteiger partial charge in [0.25, 0.3) is 0 Å². The fourth-order valence-corrected chi connectivity index (χ4v) is 0.876. The molecule has 0 unspecified atom stereocenters. The molecular formula is C10H24N2OS. The van der Waals surface area contributed by atoms with Gasteiger partial charge in [-0.15, -0.1) is 0 Å². The molecule has 4 heteroatoms. The third-order valence-corrected chi connectivity index (χ3v) is 1.90. The second kappa shape index (κ2) is 15.3. The van der Waals surface area contributed by atoms with E-state index in [1.807, 2.05) is 0 Å². The van der Waals surface area contributed by atoms with Crippen LogP contribution in [0, 0.1) is 0 Å². The number of hydrogen-bond acceptors (Lipinski definition) is 3. The third-order valence-electron chi connectivity index (χ3n) is 1.68. The van der Waals surface area contributed by atoms with E-state index in [2.05, 4.69) is 36.7 Å². The van der Waals surface area contributed by atoms with Gasteiger partial charge in [-0.3, -0.25) is 9.52 Å². The first-order valence-electron chi connectivity index (χ1n) is 5.30. The molecule has 0 aromatic carbocycles. The van der Waals surface area contributed by atoms with Gasteiger partial charge in [0.15, 0.2) is 0 Å². The van der Waals surface area contributed by atoms with Crippen molar-refractivity contribution in [3.8, 4) is 0 Å². The van der Waals surface area contributed by atoms with E-state index < -0.39 is 0 Å². The Morgan fingerprint density at radius 1 is 1.21 bits per heavy atom. The van der Waals surface area contributed by atoms with Crippen LogP contribution in [0.3, 0.4) is 0 Å². The van der Waals surface area contributed by atoms with E-state index in [0.29, 0.717) is 6.42 Å². The summed E-state index contributed by atoms with van der Waals surface area (Å²) in [6.45, 7) is 5.26. The van der Waals surface area contributed by atoms with Gasteiger partial charge in [0.05, 0.1) is 0 Å². The normalized spacial score (nSPS) is 8.86. The Morgan fingerprint density at radius 2 is 1.79 bits per heavy atom. The maximum atomic E-state index is 10.5. The van der Waals surface area contributed by atoms with E-state index >= 15 is 0 Å². The molecule has 0 heterocycles. The number of amides is 1. The number of carbonyl (C=O) groups excluding carboxylic acids is 1. The highest BCUT2D eigenvalue weighted by Crippen LogP contribution is 1.91. The van der Waals surface area contributed by atoms with Crippen LogP contribution in [-0.4, -0.2) is 19.5 Å². The maximum absolute atomic E-state index is 10.5. The van der Waals surface area contributed by atoms with Crippen LogP contribution in [-0.2, 0) is 4.79 Å². The Morgan fingerprint density at radius 3 is 2.07 bits per heavy atom. The number of rotatable bonds is 6. The first-order chi connectivity index (χ1) is 6.72. The van der Waals surface area contributed by atoms with Crippen LogP contribution >= 0.6 is 12.8 Å². The van der Waals surface area contributed by atoms with Crippen LogP contribution < -0.4 is 10.0 Å². The molecule has 0 saturated carbocycles. The van der Waals surface area contributed by atoms with Crippen molar-refractivity contribution in [2.45, 2.75) is 46.0 Å². The van der Waals surface area contributed by atoms with Gasteiger partial charge in [0.2, 0.25) is 5.91 Å². The predicted octanol–water partition coefficient (Wildman–Crippen LogP) is 2.14. The van der Waals surface area contributed by atoms with Crippen LogP contribution in [0.1, 0.15) is 46.0 Å². The molecule has 0 radical (unpaired) electrons. The Balaban J connectivity index is 0. The molecule has 3 nitrogen and oxygen atoms in total. The molecule has 0 aromatic heterocycles. The van der Waals surface area contributed by atoms with Gasteiger partial charge < -0.3 is 5.32 Å². The minimum absolute atomic E-state index is 0.145. The quantitative estimate of drug-likeness (QED) is 0.474. The number of carbonyl (C=O) groups is 1. The molecule has 0 rings (SSSR count). The van der Waals surface area contributed by atoms with Crippen molar-refractivity contribution in [2.24, 2.45) is 0 Å². The summed E-state index contributed by atoms with van der Waals surface area (Å²) < 4.78 is 2.76. The highest BCUT2D eigenvalue weighted by Gasteiger charge is 1.92. The largest absolute Gasteiger partial charge is 0.359 e. The van der Waals surface area contributed by atoms with Gasteiger partial charge in [-0.1, -0.05) is 39.5 Å². The number of unbranched alkanes of at least 4 members (excludes halogenated alkanes) is 2. The number of thiol groups is 1. The van der Waals surface area contributed by atoms with Gasteiger partial charge in [0, 0.05) is 20.0 Å². The number of hydrogen-bond donors (Lipinski definition) is 3. The lowest BCUT2D eigenvalue weighted by Gasteiger charge is -1.94. The highest BCUT2D eigenvalue weighted by atomic mass is 32.1. The summed E-state index contributed by atoms with van der Waals surface area (Å²) in [5.74, 6) is 0.145. The molecule has 0 fully saturated rings. The van der Waals surface area contributed by atoms with E-state index in [0.717, 1.165) is 19.4 Å². The molecule has 0 atom stereocenters. The van der Waals surface area contributed by atoms with Crippen LogP contribution in [0.4, 0.5) is 0 Å². The van der Waals surface area contributed by atoms with Gasteiger partial charge in [-0.05, 0) is 12.8 Å². The molecule has 0 bridgehead atoms. The summed E-state index contributed by atoms with van der Waals surface area (Å²) in [5, 5.41) is 2.56. The summed E-state index contributed by atoms with van der Waals surface area (Å²) in [5.41, 5.74) is 0. The zero-order valence-corrected chi connectivity index (χ0v) is 10.5. The average Bonchev–Trinajstić information content (AvgIpc) is 2.23. The molecule has 2 N–H and O–H groups in total. The van der Waals surface area contributed by atoms with Crippen LogP contribution in [0.5, 0.6) is 0 Å². The molecule has 0 spiro atoms. The van der Waals surface area contributed by atoms with Crippen LogP contribution in [0.15, 0.2) is 0 Å². The van der Waals surface area contributed by atoms with Crippen LogP contribution in [0.2, 0.25) is 0 Å². The van der Waals surface area contributed by atoms with E-state index in [1.165, 1.54) is 12.8 Å². The predicted molar refractivity (Wildman–Crippen MR) is 65.5 cm³/mol. The van der Waals surface area contributed by atoms with Crippen molar-refractivity contribution in [3.05, 3.63) is 0 Å². The minimum atomic E-state index is 0.145. The van der Waals surface area contributed by atoms with Crippen molar-refractivity contribution < 1.29 is 4.79 Å². The van der Waals surface area contributed by atoms with Crippen molar-refractivity contribution in [3.63, 3.8) is 0 Å². The molecule has 0 aromatic rings. The molecule has 0 aliphatic carbocycles. The van der Waals surface area contributed by atoms with Gasteiger partial charge >= 0.3 is 0 Å². The minimum Gasteiger partial charge on any atom is -0.359 e. The third kappa shape index (κ3) is 17.8. The summed E-state index contributed by atoms with van der Waals surface area (Å²) in [6.07, 6.45) is 5.23. The summed E-state index contributed by atoms with van der Waals surface area (Å²) in [6, 6.07) is 0. The van der Waals surface area contributed by atoms with E-state index in [-0.39, 0.29) is 5.91 Å². The van der Waals surface area contributed by atoms with Gasteiger partial charge in [-0.25, -0.2) is 0 Å². The molecule has 14 heavy (non-hydrogen) atoms. The van der Waals surface area contributed by atoms with E-state index in [1.54, 1.807) is 7.05 Å². The van der Waals surface area contributed by atoms with Gasteiger partial charge in [0.1, 0.15) is 0 Å². The summed E-state index contributed by atoms with van der Waals surface area (Å²) in [7, 11) is 1.66. The Hall–Kier alpha value is -0.220. The zero-order valence-electron chi connectivity index (χ0n) is 9.60. The Kier molecular flexibility index (Phi) is 17.7. The summed E-state index contributed by atoms with van der Waals surface area (Å²) in [4.78, 5) is 10.5. The second-order valence-electron chi connectivity index (χ2n) is 3.04. The first kappa shape index (κ1) is 16.2.